The molecule has 0 unspecified atom stereocenters. The molecule has 1 aliphatic heterocycles. The Morgan fingerprint density at radius 2 is 1.81 bits per heavy atom. The molecule has 0 aromatic heterocycles. The van der Waals surface area contributed by atoms with Crippen LogP contribution in [-0.4, -0.2) is 37.4 Å². The third-order valence-corrected chi connectivity index (χ3v) is 4.60. The lowest BCUT2D eigenvalue weighted by Gasteiger charge is -2.18. The molecule has 6 nitrogen and oxygen atoms in total. The van der Waals surface area contributed by atoms with Crippen LogP contribution in [0.1, 0.15) is 5.56 Å². The van der Waals surface area contributed by atoms with E-state index in [1.807, 2.05) is 12.1 Å². The van der Waals surface area contributed by atoms with E-state index in [9.17, 15) is 14.0 Å². The summed E-state index contributed by atoms with van der Waals surface area (Å²) in [7, 11) is 0. The fourth-order valence-electron chi connectivity index (χ4n) is 2.30. The molecule has 1 N–H and O–H groups in total. The van der Waals surface area contributed by atoms with E-state index in [1.165, 1.54) is 23.9 Å². The number of hydrogen-bond acceptors (Lipinski definition) is 6. The van der Waals surface area contributed by atoms with Crippen LogP contribution >= 0.6 is 11.8 Å². The van der Waals surface area contributed by atoms with Gasteiger partial charge in [0.15, 0.2) is 18.1 Å². The van der Waals surface area contributed by atoms with Crippen molar-refractivity contribution in [2.24, 2.45) is 0 Å². The number of hydrogen-bond donors (Lipinski definition) is 1. The minimum atomic E-state index is -0.494. The first-order valence-electron chi connectivity index (χ1n) is 8.29. The van der Waals surface area contributed by atoms with Crippen molar-refractivity contribution in [3.05, 3.63) is 53.8 Å². The van der Waals surface area contributed by atoms with Gasteiger partial charge >= 0.3 is 5.97 Å². The molecule has 3 rings (SSSR count). The predicted molar refractivity (Wildman–Crippen MR) is 97.4 cm³/mol. The van der Waals surface area contributed by atoms with Crippen LogP contribution < -0.4 is 14.8 Å². The lowest BCUT2D eigenvalue weighted by Crippen LogP contribution is -2.28. The molecule has 1 aliphatic rings. The Morgan fingerprint density at radius 1 is 1.07 bits per heavy atom. The largest absolute Gasteiger partial charge is 0.486 e. The molecule has 0 saturated carbocycles. The quantitative estimate of drug-likeness (QED) is 0.578. The van der Waals surface area contributed by atoms with Crippen LogP contribution in [0.5, 0.6) is 11.5 Å². The molecule has 0 aliphatic carbocycles. The summed E-state index contributed by atoms with van der Waals surface area (Å²) in [5.41, 5.74) is 0.755. The number of benzene rings is 2. The van der Waals surface area contributed by atoms with E-state index in [2.05, 4.69) is 5.32 Å². The van der Waals surface area contributed by atoms with Gasteiger partial charge in [-0.1, -0.05) is 12.1 Å². The van der Waals surface area contributed by atoms with Crippen molar-refractivity contribution in [2.45, 2.75) is 11.4 Å². The second-order valence-corrected chi connectivity index (χ2v) is 6.71. The summed E-state index contributed by atoms with van der Waals surface area (Å²) in [5.74, 6) is 0.161. The smallest absolute Gasteiger partial charge is 0.316 e. The van der Waals surface area contributed by atoms with Gasteiger partial charge in [-0.05, 0) is 35.9 Å². The van der Waals surface area contributed by atoms with E-state index in [4.69, 9.17) is 14.2 Å². The molecule has 0 atom stereocenters. The molecular weight excluding hydrogens is 373 g/mol. The van der Waals surface area contributed by atoms with E-state index in [1.54, 1.807) is 18.2 Å². The van der Waals surface area contributed by atoms with E-state index in [-0.39, 0.29) is 24.7 Å². The summed E-state index contributed by atoms with van der Waals surface area (Å²) in [6, 6.07) is 11.2. The van der Waals surface area contributed by atoms with Gasteiger partial charge in [-0.25, -0.2) is 4.39 Å². The van der Waals surface area contributed by atoms with E-state index >= 15 is 0 Å². The van der Waals surface area contributed by atoms with E-state index < -0.39 is 11.9 Å². The zero-order valence-corrected chi connectivity index (χ0v) is 15.2. The van der Waals surface area contributed by atoms with Gasteiger partial charge < -0.3 is 19.5 Å². The average Bonchev–Trinajstić information content (AvgIpc) is 2.70. The maximum atomic E-state index is 12.8. The van der Waals surface area contributed by atoms with Crippen molar-refractivity contribution < 1.29 is 28.2 Å². The van der Waals surface area contributed by atoms with Gasteiger partial charge in [0.05, 0.1) is 5.75 Å². The molecule has 0 saturated heterocycles. The Labute approximate surface area is 160 Å². The molecule has 1 heterocycles. The lowest BCUT2D eigenvalue weighted by molar-refractivity contribution is -0.145. The highest BCUT2D eigenvalue weighted by atomic mass is 32.2. The molecule has 0 fully saturated rings. The SMILES string of the molecule is O=C(COC(=O)CSc1ccc2c(c1)OCCO2)NCc1ccc(F)cc1. The third-order valence-electron chi connectivity index (χ3n) is 3.64. The number of amides is 1. The monoisotopic (exact) mass is 391 g/mol. The van der Waals surface area contributed by atoms with Crippen molar-refractivity contribution in [1.82, 2.24) is 5.32 Å². The van der Waals surface area contributed by atoms with Crippen LogP contribution in [-0.2, 0) is 20.9 Å². The van der Waals surface area contributed by atoms with Crippen LogP contribution in [0.4, 0.5) is 4.39 Å². The number of thioether (sulfide) groups is 1. The Kier molecular flexibility index (Phi) is 6.54. The maximum Gasteiger partial charge on any atom is 0.316 e. The summed E-state index contributed by atoms with van der Waals surface area (Å²) in [6.07, 6.45) is 0. The van der Waals surface area contributed by atoms with Gasteiger partial charge in [0.25, 0.3) is 5.91 Å². The molecule has 142 valence electrons. The molecule has 8 heteroatoms. The topological polar surface area (TPSA) is 73.9 Å². The van der Waals surface area contributed by atoms with Gasteiger partial charge in [0.2, 0.25) is 0 Å². The molecule has 27 heavy (non-hydrogen) atoms. The minimum absolute atomic E-state index is 0.0743. The number of esters is 1. The van der Waals surface area contributed by atoms with Crippen molar-refractivity contribution >= 4 is 23.6 Å². The summed E-state index contributed by atoms with van der Waals surface area (Å²) in [6.45, 7) is 0.898. The minimum Gasteiger partial charge on any atom is -0.486 e. The standard InChI is InChI=1S/C19H18FNO5S/c20-14-3-1-13(2-4-14)10-21-18(22)11-26-19(23)12-27-15-5-6-16-17(9-15)25-8-7-24-16/h1-6,9H,7-8,10-12H2,(H,21,22). The predicted octanol–water partition coefficient (Wildman–Crippen LogP) is 2.55. The normalized spacial score (nSPS) is 12.3. The lowest BCUT2D eigenvalue weighted by atomic mass is 10.2. The summed E-state index contributed by atoms with van der Waals surface area (Å²) in [4.78, 5) is 24.4. The first-order valence-corrected chi connectivity index (χ1v) is 9.28. The van der Waals surface area contributed by atoms with E-state index in [0.29, 0.717) is 24.7 Å². The maximum absolute atomic E-state index is 12.8. The highest BCUT2D eigenvalue weighted by Gasteiger charge is 2.13. The van der Waals surface area contributed by atoms with Gasteiger partial charge in [0, 0.05) is 11.4 Å². The van der Waals surface area contributed by atoms with E-state index in [0.717, 1.165) is 10.5 Å². The van der Waals surface area contributed by atoms with Crippen molar-refractivity contribution in [3.63, 3.8) is 0 Å². The van der Waals surface area contributed by atoms with Crippen molar-refractivity contribution in [1.29, 1.82) is 0 Å². The number of carbonyl (C=O) groups is 2. The average molecular weight is 391 g/mol. The van der Waals surface area contributed by atoms with Crippen LogP contribution in [0.25, 0.3) is 0 Å². The molecule has 0 radical (unpaired) electrons. The van der Waals surface area contributed by atoms with Crippen LogP contribution in [0, 0.1) is 5.82 Å². The van der Waals surface area contributed by atoms with Crippen LogP contribution in [0.3, 0.4) is 0 Å². The summed E-state index contributed by atoms with van der Waals surface area (Å²) >= 11 is 1.29. The fraction of sp³-hybridized carbons (Fsp3) is 0.263. The Morgan fingerprint density at radius 3 is 2.59 bits per heavy atom. The number of nitrogens with one attached hydrogen (secondary N) is 1. The Balaban J connectivity index is 1.36. The number of rotatable bonds is 7. The molecule has 0 spiro atoms. The second-order valence-electron chi connectivity index (χ2n) is 5.66. The fourth-order valence-corrected chi connectivity index (χ4v) is 3.02. The van der Waals surface area contributed by atoms with Crippen LogP contribution in [0.15, 0.2) is 47.4 Å². The van der Waals surface area contributed by atoms with Crippen molar-refractivity contribution in [3.8, 4) is 11.5 Å². The molecular formula is C19H18FNO5S. The third kappa shape index (κ3) is 5.89. The number of carbonyl (C=O) groups excluding carboxylic acids is 2. The highest BCUT2D eigenvalue weighted by molar-refractivity contribution is 8.00. The number of ether oxygens (including phenoxy) is 3. The number of halogens is 1. The van der Waals surface area contributed by atoms with Gasteiger partial charge in [-0.3, -0.25) is 9.59 Å². The molecule has 1 amide bonds. The molecule has 2 aromatic rings. The Bertz CT molecular complexity index is 812. The first kappa shape index (κ1) is 19.0. The zero-order valence-electron chi connectivity index (χ0n) is 14.4. The zero-order chi connectivity index (χ0) is 19.1. The first-order chi connectivity index (χ1) is 13.1. The van der Waals surface area contributed by atoms with Crippen LogP contribution in [0.2, 0.25) is 0 Å². The number of fused-ring (bicyclic) bond motifs is 1. The Hall–Kier alpha value is -2.74. The summed E-state index contributed by atoms with van der Waals surface area (Å²) < 4.78 is 28.7. The van der Waals surface area contributed by atoms with Crippen molar-refractivity contribution in [2.75, 3.05) is 25.6 Å². The molecule has 0 bridgehead atoms. The highest BCUT2D eigenvalue weighted by Crippen LogP contribution is 2.34. The van der Waals surface area contributed by atoms with Gasteiger partial charge in [-0.2, -0.15) is 0 Å². The molecule has 2 aromatic carbocycles. The summed E-state index contributed by atoms with van der Waals surface area (Å²) in [5, 5.41) is 2.61. The second kappa shape index (κ2) is 9.27. The van der Waals surface area contributed by atoms with Gasteiger partial charge in [0.1, 0.15) is 19.0 Å². The van der Waals surface area contributed by atoms with Gasteiger partial charge in [-0.15, -0.1) is 11.8 Å².